The predicted molar refractivity (Wildman–Crippen MR) is 85.9 cm³/mol. The molecule has 0 fully saturated rings. The minimum Gasteiger partial charge on any atom is -0.366 e. The van der Waals surface area contributed by atoms with Crippen LogP contribution in [-0.4, -0.2) is 10.8 Å². The maximum absolute atomic E-state index is 12.6. The van der Waals surface area contributed by atoms with E-state index in [4.69, 9.17) is 11.6 Å². The average Bonchev–Trinajstić information content (AvgIpc) is 2.97. The van der Waals surface area contributed by atoms with Crippen molar-refractivity contribution in [3.63, 3.8) is 0 Å². The van der Waals surface area contributed by atoms with Crippen LogP contribution in [0.2, 0.25) is 5.02 Å². The Kier molecular flexibility index (Phi) is 3.63. The summed E-state index contributed by atoms with van der Waals surface area (Å²) in [7, 11) is 0. The Bertz CT molecular complexity index is 770. The molecule has 1 aromatic heterocycles. The minimum absolute atomic E-state index is 0.0107. The molecule has 0 amide bonds. The highest BCUT2D eigenvalue weighted by Crippen LogP contribution is 2.26. The van der Waals surface area contributed by atoms with E-state index in [-0.39, 0.29) is 5.78 Å². The number of H-pyrrole nitrogens is 1. The Hall–Kier alpha value is -2.32. The third-order valence-electron chi connectivity index (χ3n) is 3.46. The third kappa shape index (κ3) is 2.76. The lowest BCUT2D eigenvalue weighted by Gasteiger charge is -2.05. The van der Waals surface area contributed by atoms with Crippen molar-refractivity contribution >= 4 is 17.4 Å². The smallest absolute Gasteiger partial charge is 0.195 e. The van der Waals surface area contributed by atoms with Gasteiger partial charge in [-0.1, -0.05) is 41.4 Å². The van der Waals surface area contributed by atoms with Crippen molar-refractivity contribution in [2.24, 2.45) is 0 Å². The molecule has 1 N–H and O–H groups in total. The van der Waals surface area contributed by atoms with Gasteiger partial charge in [0, 0.05) is 34.1 Å². The maximum Gasteiger partial charge on any atom is 0.195 e. The number of hydrogen-bond donors (Lipinski definition) is 1. The lowest BCUT2D eigenvalue weighted by molar-refractivity contribution is 0.103. The van der Waals surface area contributed by atoms with E-state index in [1.807, 2.05) is 37.4 Å². The van der Waals surface area contributed by atoms with Crippen LogP contribution in [0.25, 0.3) is 11.1 Å². The summed E-state index contributed by atoms with van der Waals surface area (Å²) in [6.45, 7) is 2.04. The first-order valence-corrected chi connectivity index (χ1v) is 7.07. The van der Waals surface area contributed by atoms with E-state index in [0.29, 0.717) is 16.1 Å². The average molecular weight is 296 g/mol. The lowest BCUT2D eigenvalue weighted by atomic mass is 9.97. The molecule has 0 atom stereocenters. The summed E-state index contributed by atoms with van der Waals surface area (Å²) in [4.78, 5) is 15.6. The van der Waals surface area contributed by atoms with Gasteiger partial charge in [0.15, 0.2) is 5.78 Å². The molecule has 0 spiro atoms. The standard InChI is InChI=1S/C18H14ClNO/c1-12-2-4-13(5-3-12)16-10-20-11-17(16)18(21)14-6-8-15(19)9-7-14/h2-11,20H,1H3. The number of carbonyl (C=O) groups excluding carboxylic acids is 1. The number of rotatable bonds is 3. The summed E-state index contributed by atoms with van der Waals surface area (Å²) in [5, 5.41) is 0.624. The Balaban J connectivity index is 2.00. The van der Waals surface area contributed by atoms with Crippen molar-refractivity contribution in [3.8, 4) is 11.1 Å². The summed E-state index contributed by atoms with van der Waals surface area (Å²) in [5.74, 6) is -0.0107. The van der Waals surface area contributed by atoms with Gasteiger partial charge in [-0.25, -0.2) is 0 Å². The number of aromatic amines is 1. The molecule has 0 saturated heterocycles. The molecule has 0 aliphatic rings. The number of ketones is 1. The fourth-order valence-corrected chi connectivity index (χ4v) is 2.41. The highest BCUT2D eigenvalue weighted by atomic mass is 35.5. The quantitative estimate of drug-likeness (QED) is 0.687. The van der Waals surface area contributed by atoms with Crippen molar-refractivity contribution < 1.29 is 4.79 Å². The highest BCUT2D eigenvalue weighted by molar-refractivity contribution is 6.30. The highest BCUT2D eigenvalue weighted by Gasteiger charge is 2.15. The van der Waals surface area contributed by atoms with E-state index in [0.717, 1.165) is 11.1 Å². The number of hydrogen-bond acceptors (Lipinski definition) is 1. The van der Waals surface area contributed by atoms with Gasteiger partial charge in [-0.2, -0.15) is 0 Å². The van der Waals surface area contributed by atoms with E-state index >= 15 is 0 Å². The van der Waals surface area contributed by atoms with Crippen molar-refractivity contribution in [2.75, 3.05) is 0 Å². The summed E-state index contributed by atoms with van der Waals surface area (Å²) >= 11 is 5.87. The summed E-state index contributed by atoms with van der Waals surface area (Å²) in [5.41, 5.74) is 4.43. The second kappa shape index (κ2) is 5.58. The van der Waals surface area contributed by atoms with Crippen LogP contribution in [0.15, 0.2) is 60.9 Å². The van der Waals surface area contributed by atoms with Crippen LogP contribution in [0, 0.1) is 6.92 Å². The van der Waals surface area contributed by atoms with Crippen molar-refractivity contribution in [1.82, 2.24) is 4.98 Å². The van der Waals surface area contributed by atoms with Gasteiger partial charge >= 0.3 is 0 Å². The van der Waals surface area contributed by atoms with E-state index < -0.39 is 0 Å². The van der Waals surface area contributed by atoms with Gasteiger partial charge in [0.25, 0.3) is 0 Å². The van der Waals surface area contributed by atoms with Crippen LogP contribution in [0.4, 0.5) is 0 Å². The van der Waals surface area contributed by atoms with Gasteiger partial charge in [0.2, 0.25) is 0 Å². The number of benzene rings is 2. The molecule has 0 unspecified atom stereocenters. The van der Waals surface area contributed by atoms with E-state index in [1.165, 1.54) is 5.56 Å². The van der Waals surface area contributed by atoms with Crippen LogP contribution in [0.5, 0.6) is 0 Å². The zero-order valence-corrected chi connectivity index (χ0v) is 12.3. The van der Waals surface area contributed by atoms with Gasteiger partial charge < -0.3 is 4.98 Å². The largest absolute Gasteiger partial charge is 0.366 e. The molecule has 3 heteroatoms. The van der Waals surface area contributed by atoms with E-state index in [2.05, 4.69) is 4.98 Å². The molecular formula is C18H14ClNO. The Morgan fingerprint density at radius 3 is 2.29 bits per heavy atom. The Labute approximate surface area is 128 Å². The molecule has 104 valence electrons. The van der Waals surface area contributed by atoms with Crippen LogP contribution >= 0.6 is 11.6 Å². The molecule has 3 aromatic rings. The second-order valence-corrected chi connectivity index (χ2v) is 5.42. The van der Waals surface area contributed by atoms with Gasteiger partial charge in [-0.15, -0.1) is 0 Å². The first-order chi connectivity index (χ1) is 10.1. The number of carbonyl (C=O) groups is 1. The zero-order chi connectivity index (χ0) is 14.8. The van der Waals surface area contributed by atoms with Crippen LogP contribution in [-0.2, 0) is 0 Å². The summed E-state index contributed by atoms with van der Waals surface area (Å²) in [6, 6.07) is 15.1. The van der Waals surface area contributed by atoms with Gasteiger partial charge in [0.1, 0.15) is 0 Å². The second-order valence-electron chi connectivity index (χ2n) is 4.98. The third-order valence-corrected chi connectivity index (χ3v) is 3.71. The number of nitrogens with one attached hydrogen (secondary N) is 1. The fraction of sp³-hybridized carbons (Fsp3) is 0.0556. The van der Waals surface area contributed by atoms with E-state index in [1.54, 1.807) is 30.5 Å². The molecule has 0 radical (unpaired) electrons. The monoisotopic (exact) mass is 295 g/mol. The molecule has 2 aromatic carbocycles. The minimum atomic E-state index is -0.0107. The van der Waals surface area contributed by atoms with Crippen molar-refractivity contribution in [3.05, 3.63) is 82.6 Å². The molecule has 0 aliphatic heterocycles. The van der Waals surface area contributed by atoms with E-state index in [9.17, 15) is 4.79 Å². The van der Waals surface area contributed by atoms with Gasteiger partial charge in [-0.3, -0.25) is 4.79 Å². The maximum atomic E-state index is 12.6. The first kappa shape index (κ1) is 13.7. The zero-order valence-electron chi connectivity index (χ0n) is 11.6. The lowest BCUT2D eigenvalue weighted by Crippen LogP contribution is -2.01. The molecule has 0 saturated carbocycles. The molecule has 3 rings (SSSR count). The molecular weight excluding hydrogens is 282 g/mol. The summed E-state index contributed by atoms with van der Waals surface area (Å²) < 4.78 is 0. The molecule has 0 aliphatic carbocycles. The number of aromatic nitrogens is 1. The molecule has 21 heavy (non-hydrogen) atoms. The Morgan fingerprint density at radius 2 is 1.62 bits per heavy atom. The first-order valence-electron chi connectivity index (χ1n) is 6.69. The van der Waals surface area contributed by atoms with Crippen molar-refractivity contribution in [1.29, 1.82) is 0 Å². The fourth-order valence-electron chi connectivity index (χ4n) is 2.28. The number of aryl methyl sites for hydroxylation is 1. The van der Waals surface area contributed by atoms with Crippen molar-refractivity contribution in [2.45, 2.75) is 6.92 Å². The molecule has 1 heterocycles. The normalized spacial score (nSPS) is 10.6. The molecule has 0 bridgehead atoms. The molecule has 2 nitrogen and oxygen atoms in total. The Morgan fingerprint density at radius 1 is 0.952 bits per heavy atom. The topological polar surface area (TPSA) is 32.9 Å². The van der Waals surface area contributed by atoms with Gasteiger partial charge in [0.05, 0.1) is 0 Å². The van der Waals surface area contributed by atoms with Crippen LogP contribution < -0.4 is 0 Å². The van der Waals surface area contributed by atoms with Gasteiger partial charge in [-0.05, 0) is 36.8 Å². The summed E-state index contributed by atoms with van der Waals surface area (Å²) in [6.07, 6.45) is 3.60. The van der Waals surface area contributed by atoms with Crippen LogP contribution in [0.1, 0.15) is 21.5 Å². The SMILES string of the molecule is Cc1ccc(-c2c[nH]cc2C(=O)c2ccc(Cl)cc2)cc1. The van der Waals surface area contributed by atoms with Crippen LogP contribution in [0.3, 0.4) is 0 Å². The predicted octanol–water partition coefficient (Wildman–Crippen LogP) is 4.87. The number of halogens is 1.